The summed E-state index contributed by atoms with van der Waals surface area (Å²) in [4.78, 5) is 13.0. The molecule has 1 N–H and O–H groups in total. The zero-order valence-electron chi connectivity index (χ0n) is 17.2. The molecular formula is C22H29N3O3S. The van der Waals surface area contributed by atoms with Crippen molar-refractivity contribution in [1.29, 1.82) is 0 Å². The fourth-order valence-electron chi connectivity index (χ4n) is 3.69. The van der Waals surface area contributed by atoms with Gasteiger partial charge in [-0.1, -0.05) is 60.2 Å². The second kappa shape index (κ2) is 9.07. The van der Waals surface area contributed by atoms with Crippen LogP contribution in [-0.2, 0) is 15.0 Å². The van der Waals surface area contributed by atoms with Gasteiger partial charge in [-0.3, -0.25) is 4.79 Å². The van der Waals surface area contributed by atoms with E-state index < -0.39 is 10.2 Å². The molecule has 0 spiro atoms. The van der Waals surface area contributed by atoms with Crippen LogP contribution in [0.1, 0.15) is 35.6 Å². The minimum Gasteiger partial charge on any atom is -0.345 e. The Kier molecular flexibility index (Phi) is 6.72. The highest BCUT2D eigenvalue weighted by molar-refractivity contribution is 7.86. The molecule has 0 aliphatic carbocycles. The largest absolute Gasteiger partial charge is 0.345 e. The molecule has 1 fully saturated rings. The summed E-state index contributed by atoms with van der Waals surface area (Å²) in [6.07, 6.45) is 1.04. The van der Waals surface area contributed by atoms with Crippen LogP contribution >= 0.6 is 0 Å². The van der Waals surface area contributed by atoms with Crippen LogP contribution < -0.4 is 5.32 Å². The molecule has 1 amide bonds. The highest BCUT2D eigenvalue weighted by atomic mass is 32.2. The summed E-state index contributed by atoms with van der Waals surface area (Å²) in [6, 6.07) is 17.8. The van der Waals surface area contributed by atoms with Crippen molar-refractivity contribution in [2.45, 2.75) is 25.8 Å². The molecule has 0 bridgehead atoms. The summed E-state index contributed by atoms with van der Waals surface area (Å²) in [5.41, 5.74) is 3.20. The molecule has 1 heterocycles. The molecule has 29 heavy (non-hydrogen) atoms. The van der Waals surface area contributed by atoms with E-state index in [2.05, 4.69) is 11.4 Å². The summed E-state index contributed by atoms with van der Waals surface area (Å²) in [5, 5.41) is 3.21. The van der Waals surface area contributed by atoms with E-state index in [1.54, 1.807) is 0 Å². The molecule has 0 aromatic heterocycles. The number of hydrogen-bond acceptors (Lipinski definition) is 3. The molecule has 1 saturated heterocycles. The van der Waals surface area contributed by atoms with Gasteiger partial charge in [0.15, 0.2) is 0 Å². The topological polar surface area (TPSA) is 69.7 Å². The Morgan fingerprint density at radius 1 is 1.03 bits per heavy atom. The number of aryl methyl sites for hydroxylation is 1. The fourth-order valence-corrected chi connectivity index (χ4v) is 4.83. The van der Waals surface area contributed by atoms with Crippen LogP contribution in [0.25, 0.3) is 0 Å². The Hall–Kier alpha value is -2.22. The Morgan fingerprint density at radius 2 is 1.66 bits per heavy atom. The SMILES string of the molecule is Cc1cccc([C@@H](NC(=O)C2CCN(S(=O)(=O)N(C)C)CC2)c2ccccc2)c1. The van der Waals surface area contributed by atoms with E-state index in [0.717, 1.165) is 16.7 Å². The highest BCUT2D eigenvalue weighted by Crippen LogP contribution is 2.26. The van der Waals surface area contributed by atoms with Gasteiger partial charge in [-0.05, 0) is 30.9 Å². The molecule has 1 aliphatic heterocycles. The van der Waals surface area contributed by atoms with Crippen molar-refractivity contribution in [3.8, 4) is 0 Å². The van der Waals surface area contributed by atoms with Crippen molar-refractivity contribution in [2.24, 2.45) is 5.92 Å². The zero-order chi connectivity index (χ0) is 21.0. The van der Waals surface area contributed by atoms with E-state index in [1.165, 1.54) is 22.7 Å². The fraction of sp³-hybridized carbons (Fsp3) is 0.409. The van der Waals surface area contributed by atoms with E-state index >= 15 is 0 Å². The van der Waals surface area contributed by atoms with Crippen molar-refractivity contribution >= 4 is 16.1 Å². The van der Waals surface area contributed by atoms with Gasteiger partial charge in [0, 0.05) is 33.1 Å². The van der Waals surface area contributed by atoms with Gasteiger partial charge >= 0.3 is 0 Å². The Bertz CT molecular complexity index is 937. The molecule has 0 radical (unpaired) electrons. The predicted octanol–water partition coefficient (Wildman–Crippen LogP) is 2.72. The molecule has 156 valence electrons. The monoisotopic (exact) mass is 415 g/mol. The van der Waals surface area contributed by atoms with Gasteiger partial charge < -0.3 is 5.32 Å². The number of hydrogen-bond donors (Lipinski definition) is 1. The third-order valence-electron chi connectivity index (χ3n) is 5.41. The first-order valence-corrected chi connectivity index (χ1v) is 11.3. The number of amides is 1. The lowest BCUT2D eigenvalue weighted by atomic mass is 9.93. The summed E-state index contributed by atoms with van der Waals surface area (Å²) in [6.45, 7) is 2.76. The quantitative estimate of drug-likeness (QED) is 0.789. The van der Waals surface area contributed by atoms with Gasteiger partial charge in [-0.15, -0.1) is 0 Å². The average molecular weight is 416 g/mol. The standard InChI is InChI=1S/C22H29N3O3S/c1-17-8-7-11-20(16-17)21(18-9-5-4-6-10-18)23-22(26)19-12-14-25(15-13-19)29(27,28)24(2)3/h4-11,16,19,21H,12-15H2,1-3H3,(H,23,26)/t21-/m0/s1. The molecule has 2 aromatic carbocycles. The summed E-state index contributed by atoms with van der Waals surface area (Å²) >= 11 is 0. The average Bonchev–Trinajstić information content (AvgIpc) is 2.72. The van der Waals surface area contributed by atoms with Crippen molar-refractivity contribution in [2.75, 3.05) is 27.2 Å². The maximum atomic E-state index is 13.0. The first-order chi connectivity index (χ1) is 13.8. The molecule has 6 nitrogen and oxygen atoms in total. The van der Waals surface area contributed by atoms with E-state index in [4.69, 9.17) is 0 Å². The van der Waals surface area contributed by atoms with Crippen LogP contribution in [-0.4, -0.2) is 50.1 Å². The zero-order valence-corrected chi connectivity index (χ0v) is 18.0. The number of piperidine rings is 1. The second-order valence-electron chi connectivity index (χ2n) is 7.73. The summed E-state index contributed by atoms with van der Waals surface area (Å²) < 4.78 is 27.3. The smallest absolute Gasteiger partial charge is 0.281 e. The van der Waals surface area contributed by atoms with Crippen molar-refractivity contribution < 1.29 is 13.2 Å². The summed E-state index contributed by atoms with van der Waals surface area (Å²) in [7, 11) is -0.371. The third kappa shape index (κ3) is 5.04. The van der Waals surface area contributed by atoms with Crippen LogP contribution in [0.3, 0.4) is 0 Å². The number of carbonyl (C=O) groups is 1. The van der Waals surface area contributed by atoms with E-state index in [1.807, 2.05) is 55.5 Å². The van der Waals surface area contributed by atoms with E-state index in [0.29, 0.717) is 25.9 Å². The van der Waals surface area contributed by atoms with E-state index in [9.17, 15) is 13.2 Å². The van der Waals surface area contributed by atoms with Gasteiger partial charge in [0.05, 0.1) is 6.04 Å². The number of benzene rings is 2. The van der Waals surface area contributed by atoms with Crippen molar-refractivity contribution in [1.82, 2.24) is 13.9 Å². The van der Waals surface area contributed by atoms with Gasteiger partial charge in [0.1, 0.15) is 0 Å². The maximum Gasteiger partial charge on any atom is 0.281 e. The van der Waals surface area contributed by atoms with Crippen LogP contribution in [0.4, 0.5) is 0 Å². The molecule has 0 saturated carbocycles. The Morgan fingerprint density at radius 3 is 2.24 bits per heavy atom. The highest BCUT2D eigenvalue weighted by Gasteiger charge is 2.33. The number of nitrogens with zero attached hydrogens (tertiary/aromatic N) is 2. The predicted molar refractivity (Wildman–Crippen MR) is 115 cm³/mol. The van der Waals surface area contributed by atoms with Gasteiger partial charge in [-0.2, -0.15) is 17.0 Å². The first-order valence-electron chi connectivity index (χ1n) is 9.88. The maximum absolute atomic E-state index is 13.0. The van der Waals surface area contributed by atoms with Crippen LogP contribution in [0, 0.1) is 12.8 Å². The van der Waals surface area contributed by atoms with E-state index in [-0.39, 0.29) is 17.9 Å². The molecular weight excluding hydrogens is 386 g/mol. The normalized spacial score (nSPS) is 17.2. The first kappa shape index (κ1) is 21.5. The molecule has 1 aliphatic rings. The van der Waals surface area contributed by atoms with Gasteiger partial charge in [-0.25, -0.2) is 0 Å². The van der Waals surface area contributed by atoms with Gasteiger partial charge in [0.2, 0.25) is 5.91 Å². The second-order valence-corrected chi connectivity index (χ2v) is 9.87. The van der Waals surface area contributed by atoms with Crippen LogP contribution in [0.15, 0.2) is 54.6 Å². The number of nitrogens with one attached hydrogen (secondary N) is 1. The molecule has 0 unspecified atom stereocenters. The molecule has 7 heteroatoms. The number of carbonyl (C=O) groups excluding carboxylic acids is 1. The lowest BCUT2D eigenvalue weighted by molar-refractivity contribution is -0.126. The molecule has 2 aromatic rings. The van der Waals surface area contributed by atoms with Crippen LogP contribution in [0.5, 0.6) is 0 Å². The van der Waals surface area contributed by atoms with Crippen molar-refractivity contribution in [3.05, 3.63) is 71.3 Å². The minimum atomic E-state index is -3.43. The molecule has 1 atom stereocenters. The van der Waals surface area contributed by atoms with Crippen molar-refractivity contribution in [3.63, 3.8) is 0 Å². The summed E-state index contributed by atoms with van der Waals surface area (Å²) in [5.74, 6) is -0.220. The Balaban J connectivity index is 1.73. The lowest BCUT2D eigenvalue weighted by Crippen LogP contribution is -2.47. The Labute approximate surface area is 173 Å². The number of rotatable bonds is 6. The third-order valence-corrected chi connectivity index (χ3v) is 7.35. The minimum absolute atomic E-state index is 0.0257. The van der Waals surface area contributed by atoms with Crippen LogP contribution in [0.2, 0.25) is 0 Å². The molecule has 3 rings (SSSR count). The lowest BCUT2D eigenvalue weighted by Gasteiger charge is -2.33. The van der Waals surface area contributed by atoms with Gasteiger partial charge in [0.25, 0.3) is 10.2 Å².